The number of nitro groups is 1. The van der Waals surface area contributed by atoms with Crippen molar-refractivity contribution in [2.24, 2.45) is 0 Å². The molecule has 3 rings (SSSR count). The molecule has 0 spiro atoms. The number of aromatic nitrogens is 2. The molecule has 0 aliphatic heterocycles. The minimum atomic E-state index is -0.464. The maximum absolute atomic E-state index is 10.6. The summed E-state index contributed by atoms with van der Waals surface area (Å²) in [5.41, 5.74) is 0.865. The van der Waals surface area contributed by atoms with Crippen LogP contribution in [0.4, 0.5) is 5.69 Å². The fourth-order valence-electron chi connectivity index (χ4n) is 1.83. The molecule has 2 aromatic carbocycles. The van der Waals surface area contributed by atoms with Crippen LogP contribution in [0.3, 0.4) is 0 Å². The molecule has 0 fully saturated rings. The number of non-ortho nitro benzene ring substituents is 1. The summed E-state index contributed by atoms with van der Waals surface area (Å²) in [6, 6.07) is 15.2. The summed E-state index contributed by atoms with van der Waals surface area (Å²) >= 11 is 0. The quantitative estimate of drug-likeness (QED) is 0.530. The van der Waals surface area contributed by atoms with Crippen molar-refractivity contribution in [3.8, 4) is 17.1 Å². The van der Waals surface area contributed by atoms with Gasteiger partial charge in [-0.3, -0.25) is 10.1 Å². The van der Waals surface area contributed by atoms with E-state index in [1.165, 1.54) is 24.3 Å². The maximum Gasteiger partial charge on any atom is 0.269 e. The van der Waals surface area contributed by atoms with Gasteiger partial charge in [0.15, 0.2) is 6.61 Å². The summed E-state index contributed by atoms with van der Waals surface area (Å²) in [5, 5.41) is 14.4. The Kier molecular flexibility index (Phi) is 3.78. The third kappa shape index (κ3) is 3.09. The van der Waals surface area contributed by atoms with Gasteiger partial charge in [0.25, 0.3) is 11.6 Å². The highest BCUT2D eigenvalue weighted by atomic mass is 16.6. The first-order chi connectivity index (χ1) is 10.7. The molecule has 0 bridgehead atoms. The highest BCUT2D eigenvalue weighted by Gasteiger charge is 2.09. The van der Waals surface area contributed by atoms with E-state index >= 15 is 0 Å². The van der Waals surface area contributed by atoms with Crippen molar-refractivity contribution >= 4 is 5.69 Å². The number of rotatable bonds is 5. The molecule has 0 N–H and O–H groups in total. The van der Waals surface area contributed by atoms with Crippen LogP contribution in [-0.4, -0.2) is 15.1 Å². The van der Waals surface area contributed by atoms with Crippen molar-refractivity contribution in [3.05, 3.63) is 70.6 Å². The topological polar surface area (TPSA) is 91.3 Å². The number of hydrogen-bond acceptors (Lipinski definition) is 6. The Labute approximate surface area is 125 Å². The fourth-order valence-corrected chi connectivity index (χ4v) is 1.83. The summed E-state index contributed by atoms with van der Waals surface area (Å²) in [4.78, 5) is 14.3. The molecule has 0 aliphatic rings. The molecule has 1 aromatic heterocycles. The van der Waals surface area contributed by atoms with Crippen LogP contribution in [0.1, 0.15) is 5.89 Å². The van der Waals surface area contributed by atoms with E-state index in [1.54, 1.807) is 0 Å². The van der Waals surface area contributed by atoms with Crippen LogP contribution in [0.5, 0.6) is 5.75 Å². The number of nitro benzene ring substituents is 1. The first-order valence-corrected chi connectivity index (χ1v) is 6.47. The van der Waals surface area contributed by atoms with Crippen molar-refractivity contribution < 1.29 is 14.2 Å². The average Bonchev–Trinajstić information content (AvgIpc) is 3.03. The second-order valence-corrected chi connectivity index (χ2v) is 4.42. The molecule has 0 aliphatic carbocycles. The summed E-state index contributed by atoms with van der Waals surface area (Å²) in [6.45, 7) is 0.0949. The van der Waals surface area contributed by atoms with Gasteiger partial charge in [-0.2, -0.15) is 4.98 Å². The molecule has 22 heavy (non-hydrogen) atoms. The van der Waals surface area contributed by atoms with Gasteiger partial charge in [-0.15, -0.1) is 0 Å². The number of hydrogen-bond donors (Lipinski definition) is 0. The van der Waals surface area contributed by atoms with Crippen LogP contribution in [0.2, 0.25) is 0 Å². The zero-order chi connectivity index (χ0) is 15.4. The summed E-state index contributed by atoms with van der Waals surface area (Å²) in [6.07, 6.45) is 0. The molecule has 110 valence electrons. The molecule has 0 radical (unpaired) electrons. The Bertz CT molecular complexity index is 769. The zero-order valence-corrected chi connectivity index (χ0v) is 11.4. The van der Waals surface area contributed by atoms with Crippen LogP contribution in [0.25, 0.3) is 11.4 Å². The lowest BCUT2D eigenvalue weighted by atomic mass is 10.2. The van der Waals surface area contributed by atoms with Crippen LogP contribution in [-0.2, 0) is 6.61 Å². The Morgan fingerprint density at radius 2 is 1.82 bits per heavy atom. The van der Waals surface area contributed by atoms with Gasteiger partial charge in [-0.05, 0) is 12.1 Å². The Balaban J connectivity index is 1.65. The molecular formula is C15H11N3O4. The first kappa shape index (κ1) is 13.7. The van der Waals surface area contributed by atoms with E-state index < -0.39 is 4.92 Å². The lowest BCUT2D eigenvalue weighted by Crippen LogP contribution is -1.96. The van der Waals surface area contributed by atoms with Gasteiger partial charge in [-0.25, -0.2) is 0 Å². The van der Waals surface area contributed by atoms with E-state index in [2.05, 4.69) is 10.1 Å². The second kappa shape index (κ2) is 6.04. The third-order valence-corrected chi connectivity index (χ3v) is 2.91. The van der Waals surface area contributed by atoms with Gasteiger partial charge in [-0.1, -0.05) is 35.5 Å². The Morgan fingerprint density at radius 3 is 2.50 bits per heavy atom. The minimum Gasteiger partial charge on any atom is -0.484 e. The normalized spacial score (nSPS) is 10.4. The molecule has 0 amide bonds. The molecule has 0 atom stereocenters. The van der Waals surface area contributed by atoms with Crippen molar-refractivity contribution in [1.29, 1.82) is 0 Å². The van der Waals surface area contributed by atoms with E-state index in [4.69, 9.17) is 9.26 Å². The predicted octanol–water partition coefficient (Wildman–Crippen LogP) is 3.22. The molecule has 0 saturated carbocycles. The van der Waals surface area contributed by atoms with E-state index in [-0.39, 0.29) is 12.3 Å². The van der Waals surface area contributed by atoms with E-state index in [0.29, 0.717) is 17.5 Å². The Morgan fingerprint density at radius 1 is 1.09 bits per heavy atom. The average molecular weight is 297 g/mol. The van der Waals surface area contributed by atoms with Gasteiger partial charge in [0, 0.05) is 17.7 Å². The van der Waals surface area contributed by atoms with E-state index in [9.17, 15) is 10.1 Å². The molecule has 7 heteroatoms. The van der Waals surface area contributed by atoms with Crippen molar-refractivity contribution in [1.82, 2.24) is 10.1 Å². The smallest absolute Gasteiger partial charge is 0.269 e. The monoisotopic (exact) mass is 297 g/mol. The second-order valence-electron chi connectivity index (χ2n) is 4.42. The standard InChI is InChI=1S/C15H11N3O4/c19-18(20)12-6-8-13(9-7-12)21-10-14-16-15(17-22-14)11-4-2-1-3-5-11/h1-9H,10H2. The van der Waals surface area contributed by atoms with Crippen LogP contribution < -0.4 is 4.74 Å². The molecular weight excluding hydrogens is 286 g/mol. The van der Waals surface area contributed by atoms with Crippen LogP contribution in [0, 0.1) is 10.1 Å². The maximum atomic E-state index is 10.6. The van der Waals surface area contributed by atoms with Gasteiger partial charge < -0.3 is 9.26 Å². The molecule has 7 nitrogen and oxygen atoms in total. The number of benzene rings is 2. The summed E-state index contributed by atoms with van der Waals surface area (Å²) in [5.74, 6) is 1.31. The predicted molar refractivity (Wildman–Crippen MR) is 77.2 cm³/mol. The minimum absolute atomic E-state index is 0.0107. The van der Waals surface area contributed by atoms with Gasteiger partial charge in [0.05, 0.1) is 4.92 Å². The lowest BCUT2D eigenvalue weighted by molar-refractivity contribution is -0.384. The SMILES string of the molecule is O=[N+]([O-])c1ccc(OCc2nc(-c3ccccc3)no2)cc1. The Hall–Kier alpha value is -3.22. The largest absolute Gasteiger partial charge is 0.484 e. The summed E-state index contributed by atoms with van der Waals surface area (Å²) < 4.78 is 10.6. The lowest BCUT2D eigenvalue weighted by Gasteiger charge is -2.01. The van der Waals surface area contributed by atoms with Crippen molar-refractivity contribution in [2.75, 3.05) is 0 Å². The fraction of sp³-hybridized carbons (Fsp3) is 0.0667. The van der Waals surface area contributed by atoms with E-state index in [0.717, 1.165) is 5.56 Å². The van der Waals surface area contributed by atoms with Gasteiger partial charge >= 0.3 is 0 Å². The van der Waals surface area contributed by atoms with E-state index in [1.807, 2.05) is 30.3 Å². The number of ether oxygens (including phenoxy) is 1. The first-order valence-electron chi connectivity index (χ1n) is 6.47. The molecule has 3 aromatic rings. The van der Waals surface area contributed by atoms with Crippen LogP contribution in [0.15, 0.2) is 59.1 Å². The highest BCUT2D eigenvalue weighted by Crippen LogP contribution is 2.19. The molecule has 1 heterocycles. The van der Waals surface area contributed by atoms with Crippen molar-refractivity contribution in [3.63, 3.8) is 0 Å². The molecule has 0 saturated heterocycles. The third-order valence-electron chi connectivity index (χ3n) is 2.91. The summed E-state index contributed by atoms with van der Waals surface area (Å²) in [7, 11) is 0. The van der Waals surface area contributed by atoms with Crippen LogP contribution >= 0.6 is 0 Å². The molecule has 0 unspecified atom stereocenters. The van der Waals surface area contributed by atoms with Gasteiger partial charge in [0.1, 0.15) is 5.75 Å². The van der Waals surface area contributed by atoms with Crippen molar-refractivity contribution in [2.45, 2.75) is 6.61 Å². The number of nitrogens with zero attached hydrogens (tertiary/aromatic N) is 3. The van der Waals surface area contributed by atoms with Gasteiger partial charge in [0.2, 0.25) is 5.82 Å². The highest BCUT2D eigenvalue weighted by molar-refractivity contribution is 5.53. The zero-order valence-electron chi connectivity index (χ0n) is 11.4.